The highest BCUT2D eigenvalue weighted by atomic mass is 32.1. The first-order valence-corrected chi connectivity index (χ1v) is 8.46. The van der Waals surface area contributed by atoms with Gasteiger partial charge in [0.05, 0.1) is 20.9 Å². The first kappa shape index (κ1) is 14.3. The summed E-state index contributed by atoms with van der Waals surface area (Å²) in [7, 11) is 0. The fraction of sp³-hybridized carbons (Fsp3) is 0.222. The van der Waals surface area contributed by atoms with Gasteiger partial charge in [-0.3, -0.25) is 4.79 Å². The Bertz CT molecular complexity index is 857. The van der Waals surface area contributed by atoms with E-state index in [0.717, 1.165) is 27.2 Å². The maximum atomic E-state index is 14.0. The maximum Gasteiger partial charge on any atom is 0.227 e. The lowest BCUT2D eigenvalue weighted by atomic mass is 10.1. The number of para-hydroxylation sites is 2. The summed E-state index contributed by atoms with van der Waals surface area (Å²) in [4.78, 5) is 18.6. The van der Waals surface area contributed by atoms with E-state index in [4.69, 9.17) is 0 Å². The lowest BCUT2D eigenvalue weighted by Gasteiger charge is -2.17. The third kappa shape index (κ3) is 2.61. The molecule has 5 heteroatoms. The molecule has 23 heavy (non-hydrogen) atoms. The van der Waals surface area contributed by atoms with E-state index in [1.807, 2.05) is 30.3 Å². The number of carbonyl (C=O) groups is 1. The zero-order chi connectivity index (χ0) is 15.8. The third-order valence-corrected chi connectivity index (χ3v) is 5.23. The Morgan fingerprint density at radius 1 is 1.22 bits per heavy atom. The molecule has 1 aromatic heterocycles. The second-order valence-corrected chi connectivity index (χ2v) is 6.73. The molecule has 0 N–H and O–H groups in total. The Hall–Kier alpha value is -2.27. The molecule has 0 aliphatic carbocycles. The molecule has 1 amide bonds. The number of hydrogen-bond donors (Lipinski definition) is 0. The number of amides is 1. The standard InChI is InChI=1S/C18H15FN2OS/c19-13-5-3-4-12-10-11-21(18(12)13)17(22)9-8-16-20-14-6-1-2-7-15(14)23-16/h1-7H,8-11H2. The van der Waals surface area contributed by atoms with Gasteiger partial charge in [0.15, 0.2) is 0 Å². The van der Waals surface area contributed by atoms with E-state index < -0.39 is 0 Å². The Kier molecular flexibility index (Phi) is 3.58. The van der Waals surface area contributed by atoms with Crippen LogP contribution in [-0.4, -0.2) is 17.4 Å². The summed E-state index contributed by atoms with van der Waals surface area (Å²) in [5, 5.41) is 0.951. The first-order valence-electron chi connectivity index (χ1n) is 7.64. The van der Waals surface area contributed by atoms with Gasteiger partial charge in [-0.05, 0) is 30.2 Å². The molecular weight excluding hydrogens is 311 g/mol. The molecule has 0 spiro atoms. The maximum absolute atomic E-state index is 14.0. The smallest absolute Gasteiger partial charge is 0.227 e. The van der Waals surface area contributed by atoms with Crippen LogP contribution in [0.4, 0.5) is 10.1 Å². The lowest BCUT2D eigenvalue weighted by Crippen LogP contribution is -2.29. The molecule has 1 aliphatic heterocycles. The van der Waals surface area contributed by atoms with Gasteiger partial charge in [-0.25, -0.2) is 9.37 Å². The normalized spacial score (nSPS) is 13.5. The highest BCUT2D eigenvalue weighted by Crippen LogP contribution is 2.31. The Morgan fingerprint density at radius 3 is 2.96 bits per heavy atom. The summed E-state index contributed by atoms with van der Waals surface area (Å²) in [6, 6.07) is 13.0. The number of benzene rings is 2. The van der Waals surface area contributed by atoms with E-state index in [-0.39, 0.29) is 11.7 Å². The summed E-state index contributed by atoms with van der Waals surface area (Å²) < 4.78 is 15.1. The largest absolute Gasteiger partial charge is 0.309 e. The number of thiazole rings is 1. The molecule has 1 aliphatic rings. The molecular formula is C18H15FN2OS. The van der Waals surface area contributed by atoms with E-state index in [2.05, 4.69) is 4.98 Å². The molecule has 0 radical (unpaired) electrons. The van der Waals surface area contributed by atoms with Crippen molar-refractivity contribution >= 4 is 33.1 Å². The van der Waals surface area contributed by atoms with Gasteiger partial charge in [0.25, 0.3) is 0 Å². The van der Waals surface area contributed by atoms with Crippen LogP contribution in [0.5, 0.6) is 0 Å². The molecule has 0 atom stereocenters. The molecule has 3 nitrogen and oxygen atoms in total. The Labute approximate surface area is 137 Å². The molecule has 2 aromatic carbocycles. The van der Waals surface area contributed by atoms with Crippen molar-refractivity contribution in [2.45, 2.75) is 19.3 Å². The first-order chi connectivity index (χ1) is 11.2. The molecule has 116 valence electrons. The predicted molar refractivity (Wildman–Crippen MR) is 90.4 cm³/mol. The van der Waals surface area contributed by atoms with Crippen LogP contribution >= 0.6 is 11.3 Å². The number of rotatable bonds is 3. The zero-order valence-corrected chi connectivity index (χ0v) is 13.3. The number of carbonyl (C=O) groups excluding carboxylic acids is 1. The van der Waals surface area contributed by atoms with Crippen LogP contribution < -0.4 is 4.90 Å². The molecule has 0 saturated carbocycles. The van der Waals surface area contributed by atoms with Crippen LogP contribution in [0.15, 0.2) is 42.5 Å². The Balaban J connectivity index is 1.49. The minimum atomic E-state index is -0.312. The molecule has 0 unspecified atom stereocenters. The van der Waals surface area contributed by atoms with Gasteiger partial charge in [-0.15, -0.1) is 11.3 Å². The second kappa shape index (κ2) is 5.74. The van der Waals surface area contributed by atoms with Gasteiger partial charge in [-0.1, -0.05) is 24.3 Å². The number of hydrogen-bond acceptors (Lipinski definition) is 3. The zero-order valence-electron chi connectivity index (χ0n) is 12.5. The van der Waals surface area contributed by atoms with Crippen LogP contribution in [0.1, 0.15) is 17.0 Å². The van der Waals surface area contributed by atoms with Crippen LogP contribution in [0.25, 0.3) is 10.2 Å². The van der Waals surface area contributed by atoms with Crippen molar-refractivity contribution in [1.29, 1.82) is 0 Å². The highest BCUT2D eigenvalue weighted by molar-refractivity contribution is 7.18. The van der Waals surface area contributed by atoms with Gasteiger partial charge in [-0.2, -0.15) is 0 Å². The average Bonchev–Trinajstić information content (AvgIpc) is 3.17. The minimum absolute atomic E-state index is 0.0342. The Morgan fingerprint density at radius 2 is 2.09 bits per heavy atom. The number of halogens is 1. The summed E-state index contributed by atoms with van der Waals surface area (Å²) in [5.41, 5.74) is 2.35. The van der Waals surface area contributed by atoms with Crippen LogP contribution in [0, 0.1) is 5.82 Å². The molecule has 2 heterocycles. The molecule has 3 aromatic rings. The monoisotopic (exact) mass is 326 g/mol. The van der Waals surface area contributed by atoms with Crippen molar-refractivity contribution in [3.8, 4) is 0 Å². The quantitative estimate of drug-likeness (QED) is 0.730. The van der Waals surface area contributed by atoms with E-state index in [1.54, 1.807) is 22.3 Å². The van der Waals surface area contributed by atoms with Crippen molar-refractivity contribution in [2.75, 3.05) is 11.4 Å². The van der Waals surface area contributed by atoms with E-state index in [0.29, 0.717) is 25.1 Å². The van der Waals surface area contributed by atoms with Gasteiger partial charge in [0, 0.05) is 19.4 Å². The highest BCUT2D eigenvalue weighted by Gasteiger charge is 2.27. The summed E-state index contributed by atoms with van der Waals surface area (Å²) in [5.74, 6) is -0.346. The van der Waals surface area contributed by atoms with Gasteiger partial charge in [0.2, 0.25) is 5.91 Å². The van der Waals surface area contributed by atoms with E-state index in [9.17, 15) is 9.18 Å². The number of aromatic nitrogens is 1. The molecule has 0 bridgehead atoms. The average molecular weight is 326 g/mol. The summed E-state index contributed by atoms with van der Waals surface area (Å²) >= 11 is 1.61. The van der Waals surface area contributed by atoms with E-state index >= 15 is 0 Å². The summed E-state index contributed by atoms with van der Waals surface area (Å²) in [6.45, 7) is 0.564. The van der Waals surface area contributed by atoms with Crippen LogP contribution in [-0.2, 0) is 17.6 Å². The number of anilines is 1. The van der Waals surface area contributed by atoms with Crippen molar-refractivity contribution in [2.24, 2.45) is 0 Å². The number of fused-ring (bicyclic) bond motifs is 2. The van der Waals surface area contributed by atoms with Crippen LogP contribution in [0.2, 0.25) is 0 Å². The van der Waals surface area contributed by atoms with Crippen molar-refractivity contribution in [1.82, 2.24) is 4.98 Å². The van der Waals surface area contributed by atoms with Gasteiger partial charge < -0.3 is 4.90 Å². The second-order valence-electron chi connectivity index (χ2n) is 5.62. The fourth-order valence-corrected chi connectivity index (χ4v) is 4.00. The van der Waals surface area contributed by atoms with E-state index in [1.165, 1.54) is 6.07 Å². The summed E-state index contributed by atoms with van der Waals surface area (Å²) in [6.07, 6.45) is 1.67. The molecule has 0 saturated heterocycles. The van der Waals surface area contributed by atoms with Gasteiger partial charge in [0.1, 0.15) is 5.82 Å². The number of aryl methyl sites for hydroxylation is 1. The SMILES string of the molecule is O=C(CCc1nc2ccccc2s1)N1CCc2cccc(F)c21. The molecule has 0 fully saturated rings. The molecule has 4 rings (SSSR count). The lowest BCUT2D eigenvalue weighted by molar-refractivity contribution is -0.118. The topological polar surface area (TPSA) is 33.2 Å². The minimum Gasteiger partial charge on any atom is -0.309 e. The predicted octanol–water partition coefficient (Wildman–Crippen LogP) is 3.96. The van der Waals surface area contributed by atoms with Crippen molar-refractivity contribution < 1.29 is 9.18 Å². The third-order valence-electron chi connectivity index (χ3n) is 4.14. The van der Waals surface area contributed by atoms with Crippen LogP contribution in [0.3, 0.4) is 0 Å². The van der Waals surface area contributed by atoms with Crippen molar-refractivity contribution in [3.63, 3.8) is 0 Å². The van der Waals surface area contributed by atoms with Crippen molar-refractivity contribution in [3.05, 3.63) is 58.9 Å². The van der Waals surface area contributed by atoms with Gasteiger partial charge >= 0.3 is 0 Å². The number of nitrogens with zero attached hydrogens (tertiary/aromatic N) is 2. The fourth-order valence-electron chi connectivity index (χ4n) is 3.03.